The van der Waals surface area contributed by atoms with Gasteiger partial charge in [0, 0.05) is 27.9 Å². The summed E-state index contributed by atoms with van der Waals surface area (Å²) in [6, 6.07) is 17.8. The van der Waals surface area contributed by atoms with Crippen molar-refractivity contribution in [1.29, 1.82) is 0 Å². The van der Waals surface area contributed by atoms with E-state index in [1.807, 2.05) is 37.3 Å². The Morgan fingerprint density at radius 1 is 1.08 bits per heavy atom. The average molecular weight is 354 g/mol. The number of nitrogens with one attached hydrogen (secondary N) is 1. The molecule has 3 rings (SSSR count). The molecule has 0 fully saturated rings. The van der Waals surface area contributed by atoms with Gasteiger partial charge < -0.3 is 10.1 Å². The van der Waals surface area contributed by atoms with E-state index in [0.29, 0.717) is 34.5 Å². The lowest BCUT2D eigenvalue weighted by Crippen LogP contribution is -2.11. The van der Waals surface area contributed by atoms with E-state index in [-0.39, 0.29) is 5.91 Å². The lowest BCUT2D eigenvalue weighted by molar-refractivity contribution is 0.102. The number of ether oxygens (including phenoxy) is 1. The van der Waals surface area contributed by atoms with Gasteiger partial charge in [-0.2, -0.15) is 0 Å². The summed E-state index contributed by atoms with van der Waals surface area (Å²) in [6.07, 6.45) is 0. The van der Waals surface area contributed by atoms with Gasteiger partial charge in [-0.1, -0.05) is 29.8 Å². The van der Waals surface area contributed by atoms with E-state index < -0.39 is 0 Å². The zero-order valence-electron chi connectivity index (χ0n) is 13.6. The molecule has 1 amide bonds. The van der Waals surface area contributed by atoms with Crippen LogP contribution in [0, 0.1) is 0 Å². The summed E-state index contributed by atoms with van der Waals surface area (Å²) in [5.41, 5.74) is 2.71. The number of halogens is 1. The van der Waals surface area contributed by atoms with Crippen LogP contribution in [0.2, 0.25) is 5.02 Å². The molecule has 0 aliphatic rings. The highest BCUT2D eigenvalue weighted by Crippen LogP contribution is 2.22. The number of hydrogen-bond acceptors (Lipinski definition) is 4. The molecule has 0 aliphatic heterocycles. The molecule has 0 radical (unpaired) electrons. The van der Waals surface area contributed by atoms with Crippen molar-refractivity contribution in [3.63, 3.8) is 0 Å². The maximum absolute atomic E-state index is 12.3. The van der Waals surface area contributed by atoms with E-state index >= 15 is 0 Å². The molecule has 25 heavy (non-hydrogen) atoms. The van der Waals surface area contributed by atoms with Gasteiger partial charge in [-0.3, -0.25) is 4.79 Å². The second-order valence-electron chi connectivity index (χ2n) is 5.24. The van der Waals surface area contributed by atoms with Crippen molar-refractivity contribution in [2.24, 2.45) is 0 Å². The zero-order valence-corrected chi connectivity index (χ0v) is 14.3. The number of carbonyl (C=O) groups is 1. The summed E-state index contributed by atoms with van der Waals surface area (Å²) < 4.78 is 5.29. The first-order valence-corrected chi connectivity index (χ1v) is 8.17. The predicted octanol–water partition coefficient (Wildman–Crippen LogP) is 4.45. The molecular weight excluding hydrogens is 338 g/mol. The van der Waals surface area contributed by atoms with Gasteiger partial charge in [0.25, 0.3) is 5.91 Å². The Morgan fingerprint density at radius 2 is 1.92 bits per heavy atom. The molecule has 1 heterocycles. The van der Waals surface area contributed by atoms with Crippen LogP contribution < -0.4 is 10.1 Å². The molecule has 1 N–H and O–H groups in total. The highest BCUT2D eigenvalue weighted by atomic mass is 35.5. The minimum Gasteiger partial charge on any atom is -0.477 e. The summed E-state index contributed by atoms with van der Waals surface area (Å²) in [4.78, 5) is 12.3. The second kappa shape index (κ2) is 7.77. The summed E-state index contributed by atoms with van der Waals surface area (Å²) in [6.45, 7) is 2.43. The maximum Gasteiger partial charge on any atom is 0.255 e. The molecular formula is C19H16ClN3O2. The van der Waals surface area contributed by atoms with Crippen molar-refractivity contribution in [1.82, 2.24) is 10.2 Å². The molecule has 0 saturated carbocycles. The predicted molar refractivity (Wildman–Crippen MR) is 98.0 cm³/mol. The smallest absolute Gasteiger partial charge is 0.255 e. The van der Waals surface area contributed by atoms with E-state index in [0.717, 1.165) is 5.56 Å². The second-order valence-corrected chi connectivity index (χ2v) is 5.67. The Labute approximate surface area is 150 Å². The van der Waals surface area contributed by atoms with Crippen LogP contribution in [0.5, 0.6) is 5.88 Å². The fraction of sp³-hybridized carbons (Fsp3) is 0.105. The number of hydrogen-bond donors (Lipinski definition) is 1. The van der Waals surface area contributed by atoms with Crippen LogP contribution in [0.3, 0.4) is 0 Å². The van der Waals surface area contributed by atoms with Gasteiger partial charge in [0.05, 0.1) is 12.3 Å². The van der Waals surface area contributed by atoms with Crippen molar-refractivity contribution in [2.75, 3.05) is 11.9 Å². The van der Waals surface area contributed by atoms with E-state index in [9.17, 15) is 4.79 Å². The van der Waals surface area contributed by atoms with Crippen LogP contribution in [0.15, 0.2) is 60.7 Å². The van der Waals surface area contributed by atoms with E-state index in [4.69, 9.17) is 16.3 Å². The number of nitrogens with zero attached hydrogens (tertiary/aromatic N) is 2. The molecule has 3 aromatic rings. The van der Waals surface area contributed by atoms with Crippen molar-refractivity contribution < 1.29 is 9.53 Å². The molecule has 0 bridgehead atoms. The Kier molecular flexibility index (Phi) is 5.26. The lowest BCUT2D eigenvalue weighted by Gasteiger charge is -2.08. The largest absolute Gasteiger partial charge is 0.477 e. The van der Waals surface area contributed by atoms with Gasteiger partial charge in [0.2, 0.25) is 5.88 Å². The van der Waals surface area contributed by atoms with Gasteiger partial charge >= 0.3 is 0 Å². The number of rotatable bonds is 5. The molecule has 1 aromatic heterocycles. The van der Waals surface area contributed by atoms with Crippen molar-refractivity contribution in [3.8, 4) is 17.1 Å². The topological polar surface area (TPSA) is 64.1 Å². The van der Waals surface area contributed by atoms with Gasteiger partial charge in [0.15, 0.2) is 0 Å². The minimum atomic E-state index is -0.225. The summed E-state index contributed by atoms with van der Waals surface area (Å²) >= 11 is 5.93. The number of aromatic nitrogens is 2. The van der Waals surface area contributed by atoms with Crippen molar-refractivity contribution >= 4 is 23.2 Å². The van der Waals surface area contributed by atoms with Crippen LogP contribution in [0.25, 0.3) is 11.3 Å². The Morgan fingerprint density at radius 3 is 2.64 bits per heavy atom. The Bertz CT molecular complexity index is 882. The van der Waals surface area contributed by atoms with Gasteiger partial charge in [-0.15, -0.1) is 10.2 Å². The van der Waals surface area contributed by atoms with E-state index in [2.05, 4.69) is 15.5 Å². The quantitative estimate of drug-likeness (QED) is 0.736. The summed E-state index contributed by atoms with van der Waals surface area (Å²) in [5, 5.41) is 11.5. The molecule has 0 spiro atoms. The maximum atomic E-state index is 12.3. The lowest BCUT2D eigenvalue weighted by atomic mass is 10.1. The van der Waals surface area contributed by atoms with Crippen molar-refractivity contribution in [3.05, 3.63) is 71.2 Å². The zero-order chi connectivity index (χ0) is 17.6. The molecule has 0 atom stereocenters. The third-order valence-electron chi connectivity index (χ3n) is 3.44. The van der Waals surface area contributed by atoms with Gasteiger partial charge in [-0.25, -0.2) is 0 Å². The third kappa shape index (κ3) is 4.33. The number of carbonyl (C=O) groups excluding carboxylic acids is 1. The standard InChI is InChI=1S/C19H16ClN3O2/c1-2-25-18-10-9-17(22-23-18)13-5-4-8-16(12-13)21-19(24)14-6-3-7-15(20)11-14/h3-12H,2H2,1H3,(H,21,24). The van der Waals surface area contributed by atoms with Gasteiger partial charge in [-0.05, 0) is 43.3 Å². The fourth-order valence-electron chi connectivity index (χ4n) is 2.29. The van der Waals surface area contributed by atoms with E-state index in [1.54, 1.807) is 30.3 Å². The SMILES string of the molecule is CCOc1ccc(-c2cccc(NC(=O)c3cccc(Cl)c3)c2)nn1. The monoisotopic (exact) mass is 353 g/mol. The fourth-order valence-corrected chi connectivity index (χ4v) is 2.48. The van der Waals surface area contributed by atoms with Gasteiger partial charge in [0.1, 0.15) is 0 Å². The molecule has 5 nitrogen and oxygen atoms in total. The molecule has 2 aromatic carbocycles. The van der Waals surface area contributed by atoms with Crippen molar-refractivity contribution in [2.45, 2.75) is 6.92 Å². The van der Waals surface area contributed by atoms with Crippen LogP contribution in [0.1, 0.15) is 17.3 Å². The van der Waals surface area contributed by atoms with E-state index in [1.165, 1.54) is 0 Å². The molecule has 0 unspecified atom stereocenters. The molecule has 0 aliphatic carbocycles. The molecule has 126 valence electrons. The Balaban J connectivity index is 1.78. The average Bonchev–Trinajstić information content (AvgIpc) is 2.63. The molecule has 0 saturated heterocycles. The van der Waals surface area contributed by atoms with Crippen LogP contribution in [-0.2, 0) is 0 Å². The molecule has 6 heteroatoms. The van der Waals surface area contributed by atoms with Crippen LogP contribution >= 0.6 is 11.6 Å². The minimum absolute atomic E-state index is 0.225. The number of anilines is 1. The first-order chi connectivity index (χ1) is 12.2. The van der Waals surface area contributed by atoms with Crippen LogP contribution in [0.4, 0.5) is 5.69 Å². The number of amides is 1. The number of benzene rings is 2. The Hall–Kier alpha value is -2.92. The normalized spacial score (nSPS) is 10.3. The summed E-state index contributed by atoms with van der Waals surface area (Å²) in [5.74, 6) is 0.258. The highest BCUT2D eigenvalue weighted by Gasteiger charge is 2.08. The third-order valence-corrected chi connectivity index (χ3v) is 3.67. The van der Waals surface area contributed by atoms with Crippen LogP contribution in [-0.4, -0.2) is 22.7 Å². The first kappa shape index (κ1) is 16.9. The highest BCUT2D eigenvalue weighted by molar-refractivity contribution is 6.31. The first-order valence-electron chi connectivity index (χ1n) is 7.79. The summed E-state index contributed by atoms with van der Waals surface area (Å²) in [7, 11) is 0.